The maximum absolute atomic E-state index is 12.5. The Labute approximate surface area is 140 Å². The van der Waals surface area contributed by atoms with Crippen LogP contribution in [-0.2, 0) is 6.18 Å². The Morgan fingerprint density at radius 1 is 1.20 bits per heavy atom. The number of benzene rings is 1. The molecule has 0 fully saturated rings. The van der Waals surface area contributed by atoms with Crippen molar-refractivity contribution in [2.24, 2.45) is 5.10 Å². The average Bonchev–Trinajstić information content (AvgIpc) is 2.92. The van der Waals surface area contributed by atoms with Crippen LogP contribution in [0.25, 0.3) is 5.65 Å². The summed E-state index contributed by atoms with van der Waals surface area (Å²) in [5.41, 5.74) is 3.55. The first-order valence-electron chi connectivity index (χ1n) is 7.30. The highest BCUT2D eigenvalue weighted by molar-refractivity contribution is 5.95. The summed E-state index contributed by atoms with van der Waals surface area (Å²) >= 11 is 0. The summed E-state index contributed by atoms with van der Waals surface area (Å²) in [7, 11) is 0. The SMILES string of the molecule is Cc1c(C(=O)NN=Cc2ccc(C(F)(F)F)cc2)nc2ccccn12. The zero-order chi connectivity index (χ0) is 18.0. The summed E-state index contributed by atoms with van der Waals surface area (Å²) in [6.45, 7) is 1.76. The van der Waals surface area contributed by atoms with Gasteiger partial charge in [-0.05, 0) is 36.8 Å². The number of amides is 1. The number of rotatable bonds is 3. The molecule has 1 amide bonds. The van der Waals surface area contributed by atoms with Crippen LogP contribution in [0, 0.1) is 6.92 Å². The number of fused-ring (bicyclic) bond motifs is 1. The summed E-state index contributed by atoms with van der Waals surface area (Å²) in [5.74, 6) is -0.496. The van der Waals surface area contributed by atoms with E-state index in [-0.39, 0.29) is 5.69 Å². The van der Waals surface area contributed by atoms with Crippen molar-refractivity contribution in [3.63, 3.8) is 0 Å². The minimum absolute atomic E-state index is 0.232. The van der Waals surface area contributed by atoms with Crippen LogP contribution >= 0.6 is 0 Å². The topological polar surface area (TPSA) is 58.8 Å². The van der Waals surface area contributed by atoms with Crippen LogP contribution < -0.4 is 5.43 Å². The first-order valence-corrected chi connectivity index (χ1v) is 7.30. The van der Waals surface area contributed by atoms with Crippen LogP contribution in [0.5, 0.6) is 0 Å². The van der Waals surface area contributed by atoms with E-state index in [0.29, 0.717) is 16.9 Å². The number of hydrogen-bond acceptors (Lipinski definition) is 3. The first kappa shape index (κ1) is 16.7. The summed E-state index contributed by atoms with van der Waals surface area (Å²) < 4.78 is 39.2. The number of hydrazone groups is 1. The Balaban J connectivity index is 1.71. The summed E-state index contributed by atoms with van der Waals surface area (Å²) in [4.78, 5) is 16.4. The molecule has 5 nitrogen and oxygen atoms in total. The number of nitrogens with zero attached hydrogens (tertiary/aromatic N) is 3. The van der Waals surface area contributed by atoms with Gasteiger partial charge in [0.1, 0.15) is 5.65 Å². The van der Waals surface area contributed by atoms with E-state index in [2.05, 4.69) is 15.5 Å². The lowest BCUT2D eigenvalue weighted by Crippen LogP contribution is -2.19. The normalized spacial score (nSPS) is 12.0. The van der Waals surface area contributed by atoms with Crippen molar-refractivity contribution in [2.75, 3.05) is 0 Å². The van der Waals surface area contributed by atoms with Crippen molar-refractivity contribution in [1.29, 1.82) is 0 Å². The molecule has 0 aliphatic heterocycles. The van der Waals surface area contributed by atoms with Crippen LogP contribution in [0.2, 0.25) is 0 Å². The molecule has 0 aliphatic rings. The number of carbonyl (C=O) groups excluding carboxylic acids is 1. The number of imidazole rings is 1. The number of pyridine rings is 1. The van der Waals surface area contributed by atoms with E-state index >= 15 is 0 Å². The van der Waals surface area contributed by atoms with Crippen molar-refractivity contribution in [1.82, 2.24) is 14.8 Å². The molecule has 3 rings (SSSR count). The van der Waals surface area contributed by atoms with E-state index in [1.54, 1.807) is 23.6 Å². The largest absolute Gasteiger partial charge is 0.416 e. The molecule has 1 N–H and O–H groups in total. The molecule has 8 heteroatoms. The molecule has 0 aliphatic carbocycles. The van der Waals surface area contributed by atoms with Gasteiger partial charge >= 0.3 is 6.18 Å². The van der Waals surface area contributed by atoms with E-state index < -0.39 is 17.6 Å². The van der Waals surface area contributed by atoms with Gasteiger partial charge in [0, 0.05) is 6.20 Å². The highest BCUT2D eigenvalue weighted by Gasteiger charge is 2.29. The molecule has 2 heterocycles. The van der Waals surface area contributed by atoms with Gasteiger partial charge in [-0.2, -0.15) is 18.3 Å². The maximum Gasteiger partial charge on any atom is 0.416 e. The van der Waals surface area contributed by atoms with Gasteiger partial charge < -0.3 is 4.40 Å². The molecule has 2 aromatic heterocycles. The van der Waals surface area contributed by atoms with Gasteiger partial charge in [0.15, 0.2) is 5.69 Å². The zero-order valence-corrected chi connectivity index (χ0v) is 13.1. The van der Waals surface area contributed by atoms with Gasteiger partial charge in [-0.3, -0.25) is 4.79 Å². The highest BCUT2D eigenvalue weighted by atomic mass is 19.4. The lowest BCUT2D eigenvalue weighted by atomic mass is 10.1. The van der Waals surface area contributed by atoms with Gasteiger partial charge in [0.25, 0.3) is 5.91 Å². The van der Waals surface area contributed by atoms with Gasteiger partial charge in [-0.25, -0.2) is 10.4 Å². The molecule has 0 atom stereocenters. The molecule has 0 saturated heterocycles. The van der Waals surface area contributed by atoms with Crippen LogP contribution in [0.15, 0.2) is 53.8 Å². The monoisotopic (exact) mass is 346 g/mol. The molecule has 1 aromatic carbocycles. The number of hydrogen-bond donors (Lipinski definition) is 1. The van der Waals surface area contributed by atoms with Gasteiger partial charge in [-0.15, -0.1) is 0 Å². The summed E-state index contributed by atoms with van der Waals surface area (Å²) in [6.07, 6.45) is -1.33. The summed E-state index contributed by atoms with van der Waals surface area (Å²) in [5, 5.41) is 3.77. The molecule has 0 bridgehead atoms. The Morgan fingerprint density at radius 2 is 1.92 bits per heavy atom. The van der Waals surface area contributed by atoms with E-state index in [9.17, 15) is 18.0 Å². The van der Waals surface area contributed by atoms with E-state index in [0.717, 1.165) is 12.1 Å². The number of halogens is 3. The van der Waals surface area contributed by atoms with Gasteiger partial charge in [-0.1, -0.05) is 18.2 Å². The molecule has 0 radical (unpaired) electrons. The molecular weight excluding hydrogens is 333 g/mol. The van der Waals surface area contributed by atoms with Crippen molar-refractivity contribution in [2.45, 2.75) is 13.1 Å². The van der Waals surface area contributed by atoms with Crippen molar-refractivity contribution in [3.05, 3.63) is 71.2 Å². The van der Waals surface area contributed by atoms with E-state index in [1.165, 1.54) is 18.3 Å². The minimum atomic E-state index is -4.38. The molecule has 128 valence electrons. The quantitative estimate of drug-likeness (QED) is 0.583. The Bertz CT molecular complexity index is 943. The molecule has 0 saturated carbocycles. The van der Waals surface area contributed by atoms with Gasteiger partial charge in [0.2, 0.25) is 0 Å². The second-order valence-electron chi connectivity index (χ2n) is 5.29. The number of aromatic nitrogens is 2. The van der Waals surface area contributed by atoms with Crippen LogP contribution in [-0.4, -0.2) is 21.5 Å². The Morgan fingerprint density at radius 3 is 2.56 bits per heavy atom. The number of nitrogens with one attached hydrogen (secondary N) is 1. The molecule has 0 unspecified atom stereocenters. The predicted octanol–water partition coefficient (Wildman–Crippen LogP) is 3.43. The third-order valence-corrected chi connectivity index (χ3v) is 3.60. The van der Waals surface area contributed by atoms with Gasteiger partial charge in [0.05, 0.1) is 17.5 Å². The van der Waals surface area contributed by atoms with Crippen molar-refractivity contribution < 1.29 is 18.0 Å². The molecule has 25 heavy (non-hydrogen) atoms. The lowest BCUT2D eigenvalue weighted by Gasteiger charge is -2.05. The lowest BCUT2D eigenvalue weighted by molar-refractivity contribution is -0.137. The second kappa shape index (κ2) is 6.39. The second-order valence-corrected chi connectivity index (χ2v) is 5.29. The summed E-state index contributed by atoms with van der Waals surface area (Å²) in [6, 6.07) is 9.86. The van der Waals surface area contributed by atoms with Crippen molar-refractivity contribution >= 4 is 17.8 Å². The fraction of sp³-hybridized carbons (Fsp3) is 0.118. The Kier molecular flexibility index (Phi) is 4.26. The predicted molar refractivity (Wildman–Crippen MR) is 86.4 cm³/mol. The molecular formula is C17H13F3N4O. The average molecular weight is 346 g/mol. The third-order valence-electron chi connectivity index (χ3n) is 3.60. The van der Waals surface area contributed by atoms with Crippen molar-refractivity contribution in [3.8, 4) is 0 Å². The van der Waals surface area contributed by atoms with Crippen LogP contribution in [0.3, 0.4) is 0 Å². The zero-order valence-electron chi connectivity index (χ0n) is 13.1. The van der Waals surface area contributed by atoms with E-state index in [4.69, 9.17) is 0 Å². The first-order chi connectivity index (χ1) is 11.9. The number of aryl methyl sites for hydroxylation is 1. The Hall–Kier alpha value is -3.16. The van der Waals surface area contributed by atoms with E-state index in [1.807, 2.05) is 12.1 Å². The fourth-order valence-corrected chi connectivity index (χ4v) is 2.31. The smallest absolute Gasteiger partial charge is 0.304 e. The minimum Gasteiger partial charge on any atom is -0.304 e. The standard InChI is InChI=1S/C17H13F3N4O/c1-11-15(22-14-4-2-3-9-24(11)14)16(25)23-21-10-12-5-7-13(8-6-12)17(18,19)20/h2-10H,1H3,(H,23,25). The third kappa shape index (κ3) is 3.52. The molecule has 3 aromatic rings. The molecule has 0 spiro atoms. The highest BCUT2D eigenvalue weighted by Crippen LogP contribution is 2.28. The maximum atomic E-state index is 12.5. The van der Waals surface area contributed by atoms with Crippen LogP contribution in [0.4, 0.5) is 13.2 Å². The number of carbonyl (C=O) groups is 1. The fourth-order valence-electron chi connectivity index (χ4n) is 2.31. The number of alkyl halides is 3. The van der Waals surface area contributed by atoms with Crippen LogP contribution in [0.1, 0.15) is 27.3 Å².